The first-order valence-electron chi connectivity index (χ1n) is 7.29. The van der Waals surface area contributed by atoms with E-state index in [1.165, 1.54) is 11.3 Å². The van der Waals surface area contributed by atoms with Crippen LogP contribution in [0.25, 0.3) is 21.8 Å². The molecule has 0 fully saturated rings. The van der Waals surface area contributed by atoms with Crippen LogP contribution in [0.15, 0.2) is 42.3 Å². The molecule has 0 spiro atoms. The number of aromatic nitrogens is 3. The van der Waals surface area contributed by atoms with Gasteiger partial charge in [-0.05, 0) is 31.5 Å². The number of hydrogen-bond donors (Lipinski definition) is 1. The lowest BCUT2D eigenvalue weighted by Gasteiger charge is -2.03. The smallest absolute Gasteiger partial charge is 0.252 e. The van der Waals surface area contributed by atoms with Crippen molar-refractivity contribution >= 4 is 17.2 Å². The molecule has 116 valence electrons. The summed E-state index contributed by atoms with van der Waals surface area (Å²) >= 11 is 1.53. The first-order chi connectivity index (χ1) is 11.2. The number of aryl methyl sites for hydroxylation is 1. The van der Waals surface area contributed by atoms with Gasteiger partial charge in [-0.15, -0.1) is 11.3 Å². The molecule has 1 amide bonds. The second-order valence-electron chi connectivity index (χ2n) is 5.05. The van der Waals surface area contributed by atoms with E-state index in [-0.39, 0.29) is 5.91 Å². The van der Waals surface area contributed by atoms with Crippen LogP contribution < -0.4 is 5.32 Å². The van der Waals surface area contributed by atoms with E-state index in [9.17, 15) is 4.79 Å². The molecular weight excluding hydrogens is 308 g/mol. The van der Waals surface area contributed by atoms with E-state index >= 15 is 0 Å². The molecule has 0 aliphatic heterocycles. The second-order valence-corrected chi connectivity index (χ2v) is 5.91. The molecule has 6 heteroatoms. The Kier molecular flexibility index (Phi) is 4.43. The third-order valence-corrected chi connectivity index (χ3v) is 4.30. The number of carbonyl (C=O) groups is 1. The van der Waals surface area contributed by atoms with Crippen molar-refractivity contribution in [1.82, 2.24) is 20.3 Å². The first kappa shape index (κ1) is 15.3. The molecule has 0 unspecified atom stereocenters. The van der Waals surface area contributed by atoms with Crippen LogP contribution in [0.3, 0.4) is 0 Å². The Morgan fingerprint density at radius 3 is 2.91 bits per heavy atom. The minimum atomic E-state index is -0.123. The average molecular weight is 324 g/mol. The van der Waals surface area contributed by atoms with Crippen molar-refractivity contribution in [1.29, 1.82) is 0 Å². The van der Waals surface area contributed by atoms with E-state index in [4.69, 9.17) is 0 Å². The predicted molar refractivity (Wildman–Crippen MR) is 91.3 cm³/mol. The predicted octanol–water partition coefficient (Wildman–Crippen LogP) is 3.33. The van der Waals surface area contributed by atoms with Gasteiger partial charge in [-0.2, -0.15) is 0 Å². The Labute approximate surface area is 138 Å². The molecule has 3 aromatic heterocycles. The number of nitrogens with one attached hydrogen (secondary N) is 1. The lowest BCUT2D eigenvalue weighted by molar-refractivity contribution is 0.0955. The van der Waals surface area contributed by atoms with E-state index < -0.39 is 0 Å². The zero-order chi connectivity index (χ0) is 16.2. The van der Waals surface area contributed by atoms with Gasteiger partial charge < -0.3 is 5.32 Å². The van der Waals surface area contributed by atoms with Gasteiger partial charge in [-0.1, -0.05) is 0 Å². The molecule has 5 nitrogen and oxygen atoms in total. The molecule has 0 aliphatic rings. The highest BCUT2D eigenvalue weighted by Crippen LogP contribution is 2.29. The van der Waals surface area contributed by atoms with Crippen LogP contribution in [0.4, 0.5) is 0 Å². The van der Waals surface area contributed by atoms with Gasteiger partial charge in [0.25, 0.3) is 5.91 Å². The van der Waals surface area contributed by atoms with Crippen LogP contribution in [0.1, 0.15) is 22.8 Å². The SMILES string of the molecule is CCNC(=O)c1cncc(-c2nc(-c3cnccc3C)cs2)c1. The van der Waals surface area contributed by atoms with Crippen LogP contribution in [-0.2, 0) is 0 Å². The normalized spacial score (nSPS) is 10.5. The highest BCUT2D eigenvalue weighted by Gasteiger charge is 2.11. The molecule has 23 heavy (non-hydrogen) atoms. The summed E-state index contributed by atoms with van der Waals surface area (Å²) in [5.41, 5.74) is 4.41. The van der Waals surface area contributed by atoms with Crippen LogP contribution in [-0.4, -0.2) is 27.4 Å². The second kappa shape index (κ2) is 6.66. The molecule has 0 aliphatic carbocycles. The molecule has 0 saturated carbocycles. The monoisotopic (exact) mass is 324 g/mol. The van der Waals surface area contributed by atoms with Gasteiger partial charge in [-0.3, -0.25) is 14.8 Å². The Morgan fingerprint density at radius 2 is 2.13 bits per heavy atom. The van der Waals surface area contributed by atoms with Crippen LogP contribution in [0.2, 0.25) is 0 Å². The van der Waals surface area contributed by atoms with E-state index in [1.807, 2.05) is 37.6 Å². The lowest BCUT2D eigenvalue weighted by Crippen LogP contribution is -2.22. The third-order valence-electron chi connectivity index (χ3n) is 3.40. The number of rotatable bonds is 4. The van der Waals surface area contributed by atoms with Crippen molar-refractivity contribution in [3.8, 4) is 21.8 Å². The minimum Gasteiger partial charge on any atom is -0.352 e. The van der Waals surface area contributed by atoms with Gasteiger partial charge in [0.05, 0.1) is 11.3 Å². The quantitative estimate of drug-likeness (QED) is 0.799. The molecule has 1 N–H and O–H groups in total. The van der Waals surface area contributed by atoms with Gasteiger partial charge in [0.1, 0.15) is 5.01 Å². The molecule has 3 rings (SSSR count). The molecular formula is C17H16N4OS. The largest absolute Gasteiger partial charge is 0.352 e. The number of thiazole rings is 1. The Balaban J connectivity index is 1.93. The molecule has 0 atom stereocenters. The fourth-order valence-electron chi connectivity index (χ4n) is 2.21. The van der Waals surface area contributed by atoms with Gasteiger partial charge in [-0.25, -0.2) is 4.98 Å². The summed E-state index contributed by atoms with van der Waals surface area (Å²) in [4.78, 5) is 24.9. The fraction of sp³-hybridized carbons (Fsp3) is 0.176. The summed E-state index contributed by atoms with van der Waals surface area (Å²) in [7, 11) is 0. The summed E-state index contributed by atoms with van der Waals surface area (Å²) in [5.74, 6) is -0.123. The lowest BCUT2D eigenvalue weighted by atomic mass is 10.1. The zero-order valence-corrected chi connectivity index (χ0v) is 13.7. The highest BCUT2D eigenvalue weighted by atomic mass is 32.1. The van der Waals surface area contributed by atoms with Gasteiger partial charge in [0.15, 0.2) is 0 Å². The van der Waals surface area contributed by atoms with Gasteiger partial charge in [0.2, 0.25) is 0 Å². The van der Waals surface area contributed by atoms with Crippen LogP contribution in [0.5, 0.6) is 0 Å². The van der Waals surface area contributed by atoms with E-state index in [2.05, 4.69) is 20.3 Å². The van der Waals surface area contributed by atoms with Crippen LogP contribution in [0, 0.1) is 6.92 Å². The van der Waals surface area contributed by atoms with Crippen LogP contribution >= 0.6 is 11.3 Å². The molecule has 0 radical (unpaired) electrons. The Morgan fingerprint density at radius 1 is 1.26 bits per heavy atom. The van der Waals surface area contributed by atoms with E-state index in [0.717, 1.165) is 27.4 Å². The topological polar surface area (TPSA) is 67.8 Å². The molecule has 0 saturated heterocycles. The first-order valence-corrected chi connectivity index (χ1v) is 8.17. The van der Waals surface area contributed by atoms with Crippen molar-refractivity contribution in [2.75, 3.05) is 6.54 Å². The number of amides is 1. The maximum atomic E-state index is 11.9. The summed E-state index contributed by atoms with van der Waals surface area (Å²) < 4.78 is 0. The molecule has 0 aromatic carbocycles. The van der Waals surface area contributed by atoms with Crippen molar-refractivity contribution in [3.63, 3.8) is 0 Å². The molecule has 3 heterocycles. The molecule has 0 bridgehead atoms. The zero-order valence-electron chi connectivity index (χ0n) is 12.9. The summed E-state index contributed by atoms with van der Waals surface area (Å²) in [6, 6.07) is 3.78. The van der Waals surface area contributed by atoms with Crippen molar-refractivity contribution < 1.29 is 4.79 Å². The number of hydrogen-bond acceptors (Lipinski definition) is 5. The van der Waals surface area contributed by atoms with Crippen molar-refractivity contribution in [2.24, 2.45) is 0 Å². The maximum Gasteiger partial charge on any atom is 0.252 e. The third kappa shape index (κ3) is 3.27. The number of pyridine rings is 2. The van der Waals surface area contributed by atoms with Crippen molar-refractivity contribution in [2.45, 2.75) is 13.8 Å². The summed E-state index contributed by atoms with van der Waals surface area (Å²) in [6.07, 6.45) is 6.87. The highest BCUT2D eigenvalue weighted by molar-refractivity contribution is 7.13. The Hall–Kier alpha value is -2.60. The maximum absolute atomic E-state index is 11.9. The standard InChI is InChI=1S/C17H16N4OS/c1-3-20-16(22)12-6-13(8-19-7-12)17-21-15(10-23-17)14-9-18-5-4-11(14)2/h4-10H,3H2,1-2H3,(H,20,22). The minimum absolute atomic E-state index is 0.123. The fourth-order valence-corrected chi connectivity index (χ4v) is 3.01. The van der Waals surface area contributed by atoms with Gasteiger partial charge >= 0.3 is 0 Å². The summed E-state index contributed by atoms with van der Waals surface area (Å²) in [5, 5.41) is 5.61. The summed E-state index contributed by atoms with van der Waals surface area (Å²) in [6.45, 7) is 4.51. The average Bonchev–Trinajstić information content (AvgIpc) is 3.05. The van der Waals surface area contributed by atoms with Gasteiger partial charge in [0, 0.05) is 47.8 Å². The number of carbonyl (C=O) groups excluding carboxylic acids is 1. The van der Waals surface area contributed by atoms with E-state index in [0.29, 0.717) is 12.1 Å². The molecule has 3 aromatic rings. The number of nitrogens with zero attached hydrogens (tertiary/aromatic N) is 3. The Bertz CT molecular complexity index is 844. The van der Waals surface area contributed by atoms with Crippen molar-refractivity contribution in [3.05, 3.63) is 53.4 Å². The van der Waals surface area contributed by atoms with E-state index in [1.54, 1.807) is 18.6 Å².